The topological polar surface area (TPSA) is 45.7 Å². The zero-order chi connectivity index (χ0) is 21.9. The lowest BCUT2D eigenvalue weighted by atomic mass is 10.1. The van der Waals surface area contributed by atoms with Crippen LogP contribution >= 0.6 is 11.8 Å². The van der Waals surface area contributed by atoms with Crippen LogP contribution in [0.3, 0.4) is 0 Å². The molecule has 3 aromatic rings. The van der Waals surface area contributed by atoms with Gasteiger partial charge in [0, 0.05) is 47.9 Å². The van der Waals surface area contributed by atoms with Gasteiger partial charge in [0.1, 0.15) is 5.82 Å². The molecule has 0 bridgehead atoms. The Morgan fingerprint density at radius 3 is 2.69 bits per heavy atom. The van der Waals surface area contributed by atoms with Crippen LogP contribution in [0, 0.1) is 5.82 Å². The molecule has 7 heteroatoms. The second-order valence-corrected chi connectivity index (χ2v) is 9.67. The van der Waals surface area contributed by atoms with Crippen molar-refractivity contribution in [3.8, 4) is 0 Å². The van der Waals surface area contributed by atoms with Crippen LogP contribution in [-0.2, 0) is 16.1 Å². The van der Waals surface area contributed by atoms with Gasteiger partial charge in [0.25, 0.3) is 0 Å². The minimum atomic E-state index is -0.229. The predicted molar refractivity (Wildman–Crippen MR) is 124 cm³/mol. The van der Waals surface area contributed by atoms with E-state index in [1.54, 1.807) is 11.8 Å². The number of halogens is 1. The van der Waals surface area contributed by atoms with Gasteiger partial charge in [-0.25, -0.2) is 4.39 Å². The van der Waals surface area contributed by atoms with Gasteiger partial charge < -0.3 is 9.64 Å². The van der Waals surface area contributed by atoms with E-state index in [1.807, 2.05) is 41.4 Å². The number of nitrogens with zero attached hydrogens (tertiary/aromatic N) is 3. The van der Waals surface area contributed by atoms with E-state index in [1.165, 1.54) is 17.7 Å². The van der Waals surface area contributed by atoms with Gasteiger partial charge in [-0.05, 0) is 48.4 Å². The lowest BCUT2D eigenvalue weighted by Gasteiger charge is -2.32. The number of ether oxygens (including phenoxy) is 1. The van der Waals surface area contributed by atoms with Gasteiger partial charge in [0.05, 0.1) is 24.8 Å². The van der Waals surface area contributed by atoms with Crippen molar-refractivity contribution < 1.29 is 13.9 Å². The lowest BCUT2D eigenvalue weighted by Crippen LogP contribution is -2.49. The van der Waals surface area contributed by atoms with E-state index in [2.05, 4.69) is 22.0 Å². The average Bonchev–Trinajstić information content (AvgIpc) is 3.23. The number of rotatable bonds is 5. The van der Waals surface area contributed by atoms with Crippen LogP contribution in [0.5, 0.6) is 0 Å². The summed E-state index contributed by atoms with van der Waals surface area (Å²) in [5, 5.41) is 1.39. The summed E-state index contributed by atoms with van der Waals surface area (Å²) >= 11 is 1.73. The number of amides is 1. The van der Waals surface area contributed by atoms with Crippen LogP contribution in [0.4, 0.5) is 4.39 Å². The molecule has 0 unspecified atom stereocenters. The molecule has 2 saturated heterocycles. The molecule has 2 aromatic carbocycles. The molecule has 1 aromatic heterocycles. The van der Waals surface area contributed by atoms with Crippen molar-refractivity contribution in [2.24, 2.45) is 0 Å². The quantitative estimate of drug-likeness (QED) is 0.588. The van der Waals surface area contributed by atoms with Crippen molar-refractivity contribution in [3.63, 3.8) is 0 Å². The van der Waals surface area contributed by atoms with Gasteiger partial charge in [-0.1, -0.05) is 18.2 Å². The first kappa shape index (κ1) is 21.4. The van der Waals surface area contributed by atoms with Crippen LogP contribution in [-0.4, -0.2) is 64.8 Å². The van der Waals surface area contributed by atoms with E-state index < -0.39 is 0 Å². The molecule has 0 saturated carbocycles. The molecule has 0 spiro atoms. The van der Waals surface area contributed by atoms with Gasteiger partial charge in [-0.3, -0.25) is 14.7 Å². The normalized spacial score (nSPS) is 21.8. The lowest BCUT2D eigenvalue weighted by molar-refractivity contribution is -0.140. The number of thioether (sulfide) groups is 1. The third-order valence-corrected chi connectivity index (χ3v) is 7.42. The summed E-state index contributed by atoms with van der Waals surface area (Å²) in [4.78, 5) is 23.2. The number of benzene rings is 2. The van der Waals surface area contributed by atoms with E-state index in [-0.39, 0.29) is 23.0 Å². The molecule has 2 fully saturated rings. The third-order valence-electron chi connectivity index (χ3n) is 6.20. The van der Waals surface area contributed by atoms with Crippen molar-refractivity contribution in [2.75, 3.05) is 32.8 Å². The third kappa shape index (κ3) is 4.65. The molecule has 1 amide bonds. The van der Waals surface area contributed by atoms with Crippen LogP contribution in [0.2, 0.25) is 0 Å². The average molecular weight is 452 g/mol. The molecule has 0 radical (unpaired) electrons. The summed E-state index contributed by atoms with van der Waals surface area (Å²) in [7, 11) is 0. The fraction of sp³-hybridized carbons (Fsp3) is 0.360. The SMILES string of the molecule is O=C([C@@H]1C[C@H](Sc2ccc(F)cc2)CN1Cc1ccnc2ccccc12)N1CCOCC1. The van der Waals surface area contributed by atoms with Crippen molar-refractivity contribution in [1.82, 2.24) is 14.8 Å². The molecule has 166 valence electrons. The molecule has 0 aliphatic carbocycles. The molecule has 5 rings (SSSR count). The fourth-order valence-electron chi connectivity index (χ4n) is 4.59. The maximum atomic E-state index is 13.5. The fourth-order valence-corrected chi connectivity index (χ4v) is 5.81. The number of hydrogen-bond donors (Lipinski definition) is 0. The molecule has 2 aliphatic heterocycles. The zero-order valence-corrected chi connectivity index (χ0v) is 18.6. The zero-order valence-electron chi connectivity index (χ0n) is 17.8. The van der Waals surface area contributed by atoms with Crippen LogP contribution in [0.25, 0.3) is 10.9 Å². The number of carbonyl (C=O) groups is 1. The summed E-state index contributed by atoms with van der Waals surface area (Å²) in [5.41, 5.74) is 2.15. The summed E-state index contributed by atoms with van der Waals surface area (Å²) in [5.74, 6) is -0.0406. The maximum absolute atomic E-state index is 13.5. The van der Waals surface area contributed by atoms with Crippen molar-refractivity contribution in [1.29, 1.82) is 0 Å². The molecular weight excluding hydrogens is 425 g/mol. The van der Waals surface area contributed by atoms with Crippen LogP contribution in [0.1, 0.15) is 12.0 Å². The Morgan fingerprint density at radius 2 is 1.88 bits per heavy atom. The monoisotopic (exact) mass is 451 g/mol. The van der Waals surface area contributed by atoms with E-state index >= 15 is 0 Å². The highest BCUT2D eigenvalue weighted by Crippen LogP contribution is 2.35. The first-order valence-electron chi connectivity index (χ1n) is 11.0. The van der Waals surface area contributed by atoms with Gasteiger partial charge >= 0.3 is 0 Å². The van der Waals surface area contributed by atoms with Crippen molar-refractivity contribution in [2.45, 2.75) is 29.2 Å². The van der Waals surface area contributed by atoms with E-state index in [0.29, 0.717) is 32.8 Å². The first-order valence-corrected chi connectivity index (χ1v) is 11.9. The first-order chi connectivity index (χ1) is 15.7. The minimum Gasteiger partial charge on any atom is -0.378 e. The second kappa shape index (κ2) is 9.57. The maximum Gasteiger partial charge on any atom is 0.240 e. The van der Waals surface area contributed by atoms with Crippen LogP contribution in [0.15, 0.2) is 65.7 Å². The number of hydrogen-bond acceptors (Lipinski definition) is 5. The molecule has 2 aliphatic rings. The largest absolute Gasteiger partial charge is 0.378 e. The number of carbonyl (C=O) groups excluding carboxylic acids is 1. The summed E-state index contributed by atoms with van der Waals surface area (Å²) in [6.07, 6.45) is 2.62. The van der Waals surface area contributed by atoms with Gasteiger partial charge in [0.15, 0.2) is 0 Å². The van der Waals surface area contributed by atoms with E-state index in [0.717, 1.165) is 28.8 Å². The number of pyridine rings is 1. The molecule has 32 heavy (non-hydrogen) atoms. The molecule has 5 nitrogen and oxygen atoms in total. The Bertz CT molecular complexity index is 1080. The predicted octanol–water partition coefficient (Wildman–Crippen LogP) is 3.97. The van der Waals surface area contributed by atoms with E-state index in [4.69, 9.17) is 4.74 Å². The Balaban J connectivity index is 1.38. The molecule has 0 N–H and O–H groups in total. The van der Waals surface area contributed by atoms with E-state index in [9.17, 15) is 9.18 Å². The standard InChI is InChI=1S/C25H26FN3O2S/c26-19-5-7-20(8-6-19)32-21-15-24(25(30)28-11-13-31-14-12-28)29(17-21)16-18-9-10-27-23-4-2-1-3-22(18)23/h1-10,21,24H,11-17H2/t21-,24-/m0/s1. The Hall–Kier alpha value is -2.48. The summed E-state index contributed by atoms with van der Waals surface area (Å²) < 4.78 is 18.8. The highest BCUT2D eigenvalue weighted by atomic mass is 32.2. The molecular formula is C25H26FN3O2S. The number of aromatic nitrogens is 1. The number of para-hydroxylation sites is 1. The number of morpholine rings is 1. The smallest absolute Gasteiger partial charge is 0.240 e. The van der Waals surface area contributed by atoms with Crippen molar-refractivity contribution >= 4 is 28.6 Å². The highest BCUT2D eigenvalue weighted by Gasteiger charge is 2.39. The Labute approximate surface area is 191 Å². The Morgan fingerprint density at radius 1 is 1.09 bits per heavy atom. The second-order valence-electron chi connectivity index (χ2n) is 8.30. The number of likely N-dealkylation sites (tertiary alicyclic amines) is 1. The highest BCUT2D eigenvalue weighted by molar-refractivity contribution is 8.00. The Kier molecular flexibility index (Phi) is 6.39. The van der Waals surface area contributed by atoms with Crippen LogP contribution < -0.4 is 0 Å². The van der Waals surface area contributed by atoms with Gasteiger partial charge in [-0.2, -0.15) is 0 Å². The summed E-state index contributed by atoms with van der Waals surface area (Å²) in [6, 6.07) is 16.6. The number of fused-ring (bicyclic) bond motifs is 1. The summed E-state index contributed by atoms with van der Waals surface area (Å²) in [6.45, 7) is 4.00. The van der Waals surface area contributed by atoms with Gasteiger partial charge in [0.2, 0.25) is 5.91 Å². The van der Waals surface area contributed by atoms with Crippen molar-refractivity contribution in [3.05, 3.63) is 72.2 Å². The molecule has 3 heterocycles. The minimum absolute atomic E-state index is 0.169. The van der Waals surface area contributed by atoms with Gasteiger partial charge in [-0.15, -0.1) is 11.8 Å². The molecule has 2 atom stereocenters.